The predicted molar refractivity (Wildman–Crippen MR) is 86.5 cm³/mol. The van der Waals surface area contributed by atoms with Gasteiger partial charge < -0.3 is 9.84 Å². The second kappa shape index (κ2) is 6.12. The Balaban J connectivity index is 1.76. The van der Waals surface area contributed by atoms with Crippen molar-refractivity contribution in [3.63, 3.8) is 0 Å². The molecule has 21 heavy (non-hydrogen) atoms. The summed E-state index contributed by atoms with van der Waals surface area (Å²) in [5.41, 5.74) is 1.47. The largest absolute Gasteiger partial charge is 0.492 e. The van der Waals surface area contributed by atoms with E-state index in [1.165, 1.54) is 10.5 Å². The van der Waals surface area contributed by atoms with Gasteiger partial charge >= 0.3 is 5.97 Å². The molecule has 0 saturated carbocycles. The van der Waals surface area contributed by atoms with Crippen LogP contribution in [0.15, 0.2) is 51.8 Å². The van der Waals surface area contributed by atoms with Gasteiger partial charge in [0.05, 0.1) is 6.61 Å². The molecule has 0 aromatic heterocycles. The number of hydrogen-bond acceptors (Lipinski definition) is 3. The molecule has 108 valence electrons. The number of benzene rings is 2. The molecule has 0 radical (unpaired) electrons. The molecule has 0 aliphatic carbocycles. The van der Waals surface area contributed by atoms with Crippen molar-refractivity contribution in [1.82, 2.24) is 0 Å². The molecule has 3 rings (SSSR count). The van der Waals surface area contributed by atoms with Crippen LogP contribution in [0.5, 0.6) is 5.75 Å². The number of fused-ring (bicyclic) bond motifs is 1. The number of thioether (sulfide) groups is 1. The van der Waals surface area contributed by atoms with Crippen molar-refractivity contribution in [2.45, 2.75) is 10.8 Å². The zero-order valence-corrected chi connectivity index (χ0v) is 13.5. The Hall–Kier alpha value is -1.46. The van der Waals surface area contributed by atoms with Crippen molar-refractivity contribution in [3.8, 4) is 5.75 Å². The minimum atomic E-state index is -0.979. The van der Waals surface area contributed by atoms with Crippen molar-refractivity contribution in [1.29, 1.82) is 0 Å². The highest BCUT2D eigenvalue weighted by atomic mass is 79.9. The Kier molecular flexibility index (Phi) is 4.22. The summed E-state index contributed by atoms with van der Waals surface area (Å²) in [6, 6.07) is 13.3. The quantitative estimate of drug-likeness (QED) is 0.872. The maximum Gasteiger partial charge on any atom is 0.339 e. The standard InChI is InChI=1S/C16H13BrO3S/c17-11-5-6-14(13(7-11)16(18)19)20-8-10-9-21-15-4-2-1-3-12(10)15/h1-7,10H,8-9H2,(H,18,19). The molecule has 1 aliphatic rings. The van der Waals surface area contributed by atoms with Crippen LogP contribution in [0.2, 0.25) is 0 Å². The van der Waals surface area contributed by atoms with Crippen LogP contribution in [0.1, 0.15) is 21.8 Å². The van der Waals surface area contributed by atoms with Crippen molar-refractivity contribution in [2.75, 3.05) is 12.4 Å². The number of rotatable bonds is 4. The lowest BCUT2D eigenvalue weighted by molar-refractivity contribution is 0.0692. The number of ether oxygens (including phenoxy) is 1. The highest BCUT2D eigenvalue weighted by molar-refractivity contribution is 9.10. The Morgan fingerprint density at radius 3 is 2.95 bits per heavy atom. The fourth-order valence-electron chi connectivity index (χ4n) is 2.35. The third-order valence-corrected chi connectivity index (χ3v) is 5.16. The van der Waals surface area contributed by atoms with E-state index >= 15 is 0 Å². The van der Waals surface area contributed by atoms with E-state index in [4.69, 9.17) is 4.74 Å². The lowest BCUT2D eigenvalue weighted by atomic mass is 10.0. The van der Waals surface area contributed by atoms with Crippen molar-refractivity contribution in [3.05, 3.63) is 58.1 Å². The average molecular weight is 365 g/mol. The van der Waals surface area contributed by atoms with E-state index in [0.717, 1.165) is 10.2 Å². The molecule has 0 spiro atoms. The first-order chi connectivity index (χ1) is 10.1. The SMILES string of the molecule is O=C(O)c1cc(Br)ccc1OCC1CSc2ccccc21. The Morgan fingerprint density at radius 2 is 2.14 bits per heavy atom. The van der Waals surface area contributed by atoms with Crippen LogP contribution in [0.4, 0.5) is 0 Å². The lowest BCUT2D eigenvalue weighted by Crippen LogP contribution is -2.12. The molecular weight excluding hydrogens is 352 g/mol. The number of carboxylic acid groups (broad SMARTS) is 1. The number of halogens is 1. The summed E-state index contributed by atoms with van der Waals surface area (Å²) in [5.74, 6) is 0.710. The summed E-state index contributed by atoms with van der Waals surface area (Å²) in [4.78, 5) is 12.6. The summed E-state index contributed by atoms with van der Waals surface area (Å²) in [5, 5.41) is 9.23. The van der Waals surface area contributed by atoms with Gasteiger partial charge in [0, 0.05) is 21.0 Å². The Labute approximate surface area is 135 Å². The second-order valence-corrected chi connectivity index (χ2v) is 6.78. The molecule has 0 bridgehead atoms. The second-order valence-electron chi connectivity index (χ2n) is 4.80. The van der Waals surface area contributed by atoms with Crippen molar-refractivity contribution < 1.29 is 14.6 Å². The molecule has 5 heteroatoms. The molecule has 0 saturated heterocycles. The van der Waals surface area contributed by atoms with Crippen molar-refractivity contribution in [2.24, 2.45) is 0 Å². The summed E-state index contributed by atoms with van der Waals surface area (Å²) in [6.45, 7) is 0.492. The Morgan fingerprint density at radius 1 is 1.33 bits per heavy atom. The maximum atomic E-state index is 11.3. The normalized spacial score (nSPS) is 16.5. The molecule has 1 aliphatic heterocycles. The minimum absolute atomic E-state index is 0.184. The van der Waals surface area contributed by atoms with Gasteiger partial charge in [-0.3, -0.25) is 0 Å². The van der Waals surface area contributed by atoms with Crippen LogP contribution in [0.25, 0.3) is 0 Å². The molecule has 2 aromatic carbocycles. The first-order valence-electron chi connectivity index (χ1n) is 6.52. The van der Waals surface area contributed by atoms with E-state index in [0.29, 0.717) is 18.3 Å². The summed E-state index contributed by atoms with van der Waals surface area (Å²) < 4.78 is 6.51. The molecule has 1 heterocycles. The molecule has 2 aromatic rings. The monoisotopic (exact) mass is 364 g/mol. The molecule has 1 unspecified atom stereocenters. The molecule has 3 nitrogen and oxygen atoms in total. The van der Waals surface area contributed by atoms with Gasteiger partial charge in [-0.2, -0.15) is 0 Å². The van der Waals surface area contributed by atoms with E-state index < -0.39 is 5.97 Å². The average Bonchev–Trinajstić information content (AvgIpc) is 2.89. The molecule has 0 fully saturated rings. The van der Waals surface area contributed by atoms with E-state index in [1.807, 2.05) is 23.9 Å². The highest BCUT2D eigenvalue weighted by Crippen LogP contribution is 2.39. The zero-order chi connectivity index (χ0) is 14.8. The molecule has 1 atom stereocenters. The fourth-order valence-corrected chi connectivity index (χ4v) is 3.95. The lowest BCUT2D eigenvalue weighted by Gasteiger charge is -2.14. The van der Waals surface area contributed by atoms with Crippen molar-refractivity contribution >= 4 is 33.7 Å². The van der Waals surface area contributed by atoms with Crippen LogP contribution in [-0.2, 0) is 0 Å². The van der Waals surface area contributed by atoms with Gasteiger partial charge in [0.15, 0.2) is 0 Å². The number of carbonyl (C=O) groups is 1. The first kappa shape index (κ1) is 14.5. The van der Waals surface area contributed by atoms with Crippen LogP contribution in [0, 0.1) is 0 Å². The van der Waals surface area contributed by atoms with E-state index in [9.17, 15) is 9.90 Å². The first-order valence-corrected chi connectivity index (χ1v) is 8.30. The number of aromatic carboxylic acids is 1. The van der Waals surface area contributed by atoms with Crippen LogP contribution < -0.4 is 4.74 Å². The number of carboxylic acids is 1. The summed E-state index contributed by atoms with van der Waals surface area (Å²) in [6.07, 6.45) is 0. The van der Waals surface area contributed by atoms with Crippen LogP contribution >= 0.6 is 27.7 Å². The number of hydrogen-bond donors (Lipinski definition) is 1. The fraction of sp³-hybridized carbons (Fsp3) is 0.188. The van der Waals surface area contributed by atoms with Gasteiger partial charge in [0.2, 0.25) is 0 Å². The van der Waals surface area contributed by atoms with Crippen LogP contribution in [0.3, 0.4) is 0 Å². The van der Waals surface area contributed by atoms with Crippen LogP contribution in [-0.4, -0.2) is 23.4 Å². The predicted octanol–water partition coefficient (Wildman–Crippen LogP) is 4.42. The summed E-state index contributed by atoms with van der Waals surface area (Å²) in [7, 11) is 0. The maximum absolute atomic E-state index is 11.3. The van der Waals surface area contributed by atoms with Gasteiger partial charge in [0.1, 0.15) is 11.3 Å². The third kappa shape index (κ3) is 3.09. The van der Waals surface area contributed by atoms with E-state index in [-0.39, 0.29) is 5.56 Å². The van der Waals surface area contributed by atoms with Gasteiger partial charge in [-0.15, -0.1) is 11.8 Å². The van der Waals surface area contributed by atoms with Gasteiger partial charge in [-0.05, 0) is 29.8 Å². The van der Waals surface area contributed by atoms with Gasteiger partial charge in [-0.25, -0.2) is 4.79 Å². The van der Waals surface area contributed by atoms with E-state index in [2.05, 4.69) is 28.1 Å². The smallest absolute Gasteiger partial charge is 0.339 e. The molecular formula is C16H13BrO3S. The van der Waals surface area contributed by atoms with Gasteiger partial charge in [-0.1, -0.05) is 34.1 Å². The highest BCUT2D eigenvalue weighted by Gasteiger charge is 2.24. The third-order valence-electron chi connectivity index (χ3n) is 3.41. The molecule has 0 amide bonds. The Bertz CT molecular complexity index is 687. The van der Waals surface area contributed by atoms with E-state index in [1.54, 1.807) is 18.2 Å². The summed E-state index contributed by atoms with van der Waals surface area (Å²) >= 11 is 5.10. The zero-order valence-electron chi connectivity index (χ0n) is 11.1. The minimum Gasteiger partial charge on any atom is -0.492 e. The molecule has 1 N–H and O–H groups in total. The van der Waals surface area contributed by atoms with Gasteiger partial charge in [0.25, 0.3) is 0 Å². The topological polar surface area (TPSA) is 46.5 Å².